The van der Waals surface area contributed by atoms with Crippen LogP contribution < -0.4 is 0 Å². The molecule has 0 radical (unpaired) electrons. The number of ketones is 1. The van der Waals surface area contributed by atoms with Crippen molar-refractivity contribution in [3.63, 3.8) is 0 Å². The number of para-hydroxylation sites is 1. The lowest BCUT2D eigenvalue weighted by Gasteiger charge is -2.34. The molecule has 1 saturated heterocycles. The largest absolute Gasteiger partial charge is 0.358 e. The second kappa shape index (κ2) is 8.55. The van der Waals surface area contributed by atoms with Gasteiger partial charge in [0.1, 0.15) is 5.82 Å². The predicted octanol–water partition coefficient (Wildman–Crippen LogP) is 2.12. The number of Topliss-reactive ketones (excluding diaryl/α,β-unsaturated/α-hetero) is 1. The summed E-state index contributed by atoms with van der Waals surface area (Å²) in [4.78, 5) is 32.9. The highest BCUT2D eigenvalue weighted by Crippen LogP contribution is 2.23. The first-order chi connectivity index (χ1) is 16.0. The molecular formula is C23H22FN7O2. The monoisotopic (exact) mass is 447 g/mol. The molecule has 0 bridgehead atoms. The van der Waals surface area contributed by atoms with Gasteiger partial charge in [-0.15, -0.1) is 5.10 Å². The van der Waals surface area contributed by atoms with E-state index >= 15 is 0 Å². The summed E-state index contributed by atoms with van der Waals surface area (Å²) in [6.45, 7) is 4.24. The number of aryl methyl sites for hydroxylation is 1. The van der Waals surface area contributed by atoms with Crippen molar-refractivity contribution in [2.75, 3.05) is 26.2 Å². The second-order valence-corrected chi connectivity index (χ2v) is 8.05. The van der Waals surface area contributed by atoms with Crippen LogP contribution in [-0.4, -0.2) is 72.9 Å². The maximum absolute atomic E-state index is 13.6. The molecule has 2 aromatic heterocycles. The molecule has 1 aliphatic heterocycles. The number of aromatic amines is 1. The first-order valence-corrected chi connectivity index (χ1v) is 10.7. The number of benzene rings is 2. The van der Waals surface area contributed by atoms with Crippen molar-refractivity contribution in [1.29, 1.82) is 0 Å². The molecular weight excluding hydrogens is 425 g/mol. The Morgan fingerprint density at radius 2 is 1.85 bits per heavy atom. The van der Waals surface area contributed by atoms with Crippen LogP contribution >= 0.6 is 0 Å². The average molecular weight is 447 g/mol. The number of nitrogens with zero attached hydrogens (tertiary/aromatic N) is 6. The van der Waals surface area contributed by atoms with Gasteiger partial charge in [0.15, 0.2) is 5.82 Å². The molecule has 168 valence electrons. The zero-order valence-corrected chi connectivity index (χ0v) is 18.0. The van der Waals surface area contributed by atoms with Gasteiger partial charge >= 0.3 is 0 Å². The number of carbonyl (C=O) groups is 2. The average Bonchev–Trinajstić information content (AvgIpc) is 3.42. The van der Waals surface area contributed by atoms with E-state index in [4.69, 9.17) is 0 Å². The summed E-state index contributed by atoms with van der Waals surface area (Å²) in [5.41, 5.74) is 2.51. The summed E-state index contributed by atoms with van der Waals surface area (Å²) < 4.78 is 15.1. The number of nitrogens with one attached hydrogen (secondary N) is 1. The number of tetrazole rings is 1. The summed E-state index contributed by atoms with van der Waals surface area (Å²) in [7, 11) is 0. The van der Waals surface area contributed by atoms with Gasteiger partial charge in [0.25, 0.3) is 11.7 Å². The second-order valence-electron chi connectivity index (χ2n) is 8.05. The standard InChI is InChI=1S/C23H22FN7O2/c1-15-21(18-7-2-3-8-19(18)25-15)22(32)23(33)30-11-9-29(10-12-30)14-20-26-27-28-31(20)17-6-4-5-16(24)13-17/h2-8,13,25H,9-12,14H2,1H3. The number of amides is 1. The molecule has 33 heavy (non-hydrogen) atoms. The topological polar surface area (TPSA) is 100 Å². The van der Waals surface area contributed by atoms with Crippen molar-refractivity contribution in [2.45, 2.75) is 13.5 Å². The summed E-state index contributed by atoms with van der Waals surface area (Å²) >= 11 is 0. The van der Waals surface area contributed by atoms with Crippen molar-refractivity contribution in [2.24, 2.45) is 0 Å². The summed E-state index contributed by atoms with van der Waals surface area (Å²) in [6, 6.07) is 13.5. The van der Waals surface area contributed by atoms with Crippen LogP contribution in [-0.2, 0) is 11.3 Å². The lowest BCUT2D eigenvalue weighted by molar-refractivity contribution is -0.128. The van der Waals surface area contributed by atoms with Crippen molar-refractivity contribution in [1.82, 2.24) is 35.0 Å². The Morgan fingerprint density at radius 1 is 1.06 bits per heavy atom. The number of hydrogen-bond acceptors (Lipinski definition) is 6. The number of halogens is 1. The number of fused-ring (bicyclic) bond motifs is 1. The van der Waals surface area contributed by atoms with Gasteiger partial charge in [-0.2, -0.15) is 4.68 Å². The van der Waals surface area contributed by atoms with Crippen molar-refractivity contribution in [3.8, 4) is 5.69 Å². The van der Waals surface area contributed by atoms with Gasteiger partial charge in [0.05, 0.1) is 17.8 Å². The van der Waals surface area contributed by atoms with E-state index in [1.807, 2.05) is 24.3 Å². The number of H-pyrrole nitrogens is 1. The molecule has 1 aliphatic rings. The minimum absolute atomic E-state index is 0.365. The first-order valence-electron chi connectivity index (χ1n) is 10.7. The van der Waals surface area contributed by atoms with Crippen LogP contribution in [0.5, 0.6) is 0 Å². The Morgan fingerprint density at radius 3 is 2.64 bits per heavy atom. The molecule has 3 heterocycles. The number of rotatable bonds is 5. The number of aromatic nitrogens is 5. The molecule has 10 heteroatoms. The number of carbonyl (C=O) groups excluding carboxylic acids is 2. The van der Waals surface area contributed by atoms with Gasteiger partial charge in [-0.05, 0) is 41.6 Å². The molecule has 2 aromatic carbocycles. The molecule has 1 fully saturated rings. The highest BCUT2D eigenvalue weighted by Gasteiger charge is 2.30. The van der Waals surface area contributed by atoms with Gasteiger partial charge in [-0.3, -0.25) is 14.5 Å². The van der Waals surface area contributed by atoms with Gasteiger partial charge in [0, 0.05) is 42.8 Å². The zero-order chi connectivity index (χ0) is 22.9. The van der Waals surface area contributed by atoms with E-state index in [0.29, 0.717) is 55.5 Å². The van der Waals surface area contributed by atoms with Crippen LogP contribution in [0.1, 0.15) is 21.9 Å². The SMILES string of the molecule is Cc1[nH]c2ccccc2c1C(=O)C(=O)N1CCN(Cc2nnnn2-c2cccc(F)c2)CC1. The molecule has 1 amide bonds. The zero-order valence-electron chi connectivity index (χ0n) is 18.0. The number of hydrogen-bond donors (Lipinski definition) is 1. The quantitative estimate of drug-likeness (QED) is 0.372. The minimum Gasteiger partial charge on any atom is -0.358 e. The lowest BCUT2D eigenvalue weighted by Crippen LogP contribution is -2.50. The molecule has 0 atom stereocenters. The summed E-state index contributed by atoms with van der Waals surface area (Å²) in [5, 5.41) is 12.5. The van der Waals surface area contributed by atoms with Crippen LogP contribution in [0.15, 0.2) is 48.5 Å². The smallest absolute Gasteiger partial charge is 0.295 e. The maximum Gasteiger partial charge on any atom is 0.295 e. The minimum atomic E-state index is -0.493. The van der Waals surface area contributed by atoms with Gasteiger partial charge in [0.2, 0.25) is 0 Å². The van der Waals surface area contributed by atoms with Crippen LogP contribution in [0.25, 0.3) is 16.6 Å². The third-order valence-electron chi connectivity index (χ3n) is 5.93. The fourth-order valence-electron chi connectivity index (χ4n) is 4.24. The molecule has 0 unspecified atom stereocenters. The third-order valence-corrected chi connectivity index (χ3v) is 5.93. The Hall–Kier alpha value is -3.92. The van der Waals surface area contributed by atoms with Gasteiger partial charge in [-0.1, -0.05) is 24.3 Å². The van der Waals surface area contributed by atoms with E-state index in [9.17, 15) is 14.0 Å². The molecule has 0 saturated carbocycles. The number of piperazine rings is 1. The van der Waals surface area contributed by atoms with Crippen LogP contribution in [0.4, 0.5) is 4.39 Å². The Bertz CT molecular complexity index is 1340. The fourth-order valence-corrected chi connectivity index (χ4v) is 4.24. The van der Waals surface area contributed by atoms with E-state index in [1.54, 1.807) is 24.0 Å². The van der Waals surface area contributed by atoms with E-state index in [1.165, 1.54) is 16.8 Å². The van der Waals surface area contributed by atoms with Crippen LogP contribution in [0.3, 0.4) is 0 Å². The lowest BCUT2D eigenvalue weighted by atomic mass is 10.1. The predicted molar refractivity (Wildman–Crippen MR) is 118 cm³/mol. The molecule has 5 rings (SSSR count). The Balaban J connectivity index is 1.25. The molecule has 9 nitrogen and oxygen atoms in total. The third kappa shape index (κ3) is 4.00. The van der Waals surface area contributed by atoms with E-state index in [-0.39, 0.29) is 5.82 Å². The summed E-state index contributed by atoms with van der Waals surface area (Å²) in [6.07, 6.45) is 0. The highest BCUT2D eigenvalue weighted by molar-refractivity contribution is 6.45. The molecule has 1 N–H and O–H groups in total. The highest BCUT2D eigenvalue weighted by atomic mass is 19.1. The van der Waals surface area contributed by atoms with Gasteiger partial charge in [-0.25, -0.2) is 4.39 Å². The van der Waals surface area contributed by atoms with Crippen molar-refractivity contribution >= 4 is 22.6 Å². The molecule has 4 aromatic rings. The van der Waals surface area contributed by atoms with E-state index in [2.05, 4.69) is 25.4 Å². The summed E-state index contributed by atoms with van der Waals surface area (Å²) in [5.74, 6) is -0.775. The van der Waals surface area contributed by atoms with Gasteiger partial charge < -0.3 is 9.88 Å². The molecule has 0 aliphatic carbocycles. The van der Waals surface area contributed by atoms with E-state index < -0.39 is 11.7 Å². The fraction of sp³-hybridized carbons (Fsp3) is 0.261. The maximum atomic E-state index is 13.6. The van der Waals surface area contributed by atoms with Crippen LogP contribution in [0, 0.1) is 12.7 Å². The van der Waals surface area contributed by atoms with Crippen molar-refractivity contribution < 1.29 is 14.0 Å². The van der Waals surface area contributed by atoms with Crippen molar-refractivity contribution in [3.05, 3.63) is 71.4 Å². The van der Waals surface area contributed by atoms with E-state index in [0.717, 1.165) is 10.9 Å². The molecule has 0 spiro atoms. The normalized spacial score (nSPS) is 14.7. The Kier molecular flexibility index (Phi) is 5.43. The first kappa shape index (κ1) is 21.0. The van der Waals surface area contributed by atoms with Crippen LogP contribution in [0.2, 0.25) is 0 Å². The Labute approximate surface area is 188 Å².